The number of aromatic nitrogens is 4. The molecule has 1 N–H and O–H groups in total. The van der Waals surface area contributed by atoms with Crippen molar-refractivity contribution in [3.8, 4) is 5.69 Å². The molecule has 0 saturated carbocycles. The van der Waals surface area contributed by atoms with Crippen molar-refractivity contribution in [2.45, 2.75) is 6.92 Å². The van der Waals surface area contributed by atoms with Gasteiger partial charge in [0, 0.05) is 13.2 Å². The van der Waals surface area contributed by atoms with Gasteiger partial charge in [0.15, 0.2) is 0 Å². The molecule has 0 aliphatic rings. The maximum atomic E-state index is 12.7. The Bertz CT molecular complexity index is 1130. The molecular formula is C19H16BrN5O. The van der Waals surface area contributed by atoms with Crippen molar-refractivity contribution in [3.63, 3.8) is 0 Å². The number of halogens is 1. The number of hydrogen-bond donors (Lipinski definition) is 1. The van der Waals surface area contributed by atoms with Crippen LogP contribution in [0.25, 0.3) is 16.6 Å². The second-order valence-corrected chi connectivity index (χ2v) is 6.78. The van der Waals surface area contributed by atoms with Crippen LogP contribution < -0.4 is 5.32 Å². The monoisotopic (exact) mass is 409 g/mol. The van der Waals surface area contributed by atoms with Gasteiger partial charge in [0.05, 0.1) is 34.0 Å². The zero-order valence-electron chi connectivity index (χ0n) is 14.3. The molecule has 0 bridgehead atoms. The fourth-order valence-electron chi connectivity index (χ4n) is 2.95. The SMILES string of the molecule is Cc1ccccc1-n1cc(C(=O)Nc2cccc3c2c(Br)nn3C)cn1. The second kappa shape index (κ2) is 6.42. The van der Waals surface area contributed by atoms with Crippen molar-refractivity contribution < 1.29 is 4.79 Å². The van der Waals surface area contributed by atoms with E-state index in [1.165, 1.54) is 0 Å². The number of amides is 1. The summed E-state index contributed by atoms with van der Waals surface area (Å²) < 4.78 is 4.18. The molecule has 0 spiro atoms. The number of para-hydroxylation sites is 1. The molecule has 6 nitrogen and oxygen atoms in total. The molecule has 4 aromatic rings. The Labute approximate surface area is 158 Å². The largest absolute Gasteiger partial charge is 0.321 e. The average Bonchev–Trinajstić information content (AvgIpc) is 3.22. The topological polar surface area (TPSA) is 64.7 Å². The number of rotatable bonds is 3. The molecule has 0 aliphatic carbocycles. The van der Waals surface area contributed by atoms with Gasteiger partial charge < -0.3 is 5.32 Å². The Morgan fingerprint density at radius 1 is 1.15 bits per heavy atom. The lowest BCUT2D eigenvalue weighted by Gasteiger charge is -2.06. The van der Waals surface area contributed by atoms with Crippen LogP contribution >= 0.6 is 15.9 Å². The van der Waals surface area contributed by atoms with Gasteiger partial charge in [-0.25, -0.2) is 4.68 Å². The van der Waals surface area contributed by atoms with Gasteiger partial charge in [0.25, 0.3) is 5.91 Å². The van der Waals surface area contributed by atoms with Crippen LogP contribution in [0.3, 0.4) is 0 Å². The molecular weight excluding hydrogens is 394 g/mol. The fourth-order valence-corrected chi connectivity index (χ4v) is 3.61. The first-order valence-corrected chi connectivity index (χ1v) is 8.87. The van der Waals surface area contributed by atoms with E-state index in [4.69, 9.17) is 0 Å². The minimum absolute atomic E-state index is 0.215. The maximum Gasteiger partial charge on any atom is 0.258 e. The molecule has 130 valence electrons. The number of nitrogens with one attached hydrogen (secondary N) is 1. The van der Waals surface area contributed by atoms with Crippen LogP contribution in [0.2, 0.25) is 0 Å². The van der Waals surface area contributed by atoms with Crippen molar-refractivity contribution in [3.05, 3.63) is 70.6 Å². The van der Waals surface area contributed by atoms with Crippen molar-refractivity contribution in [2.75, 3.05) is 5.32 Å². The van der Waals surface area contributed by atoms with Crippen LogP contribution in [0.4, 0.5) is 5.69 Å². The quantitative estimate of drug-likeness (QED) is 0.554. The summed E-state index contributed by atoms with van der Waals surface area (Å²) in [7, 11) is 1.87. The van der Waals surface area contributed by atoms with Gasteiger partial charge in [-0.2, -0.15) is 10.2 Å². The zero-order chi connectivity index (χ0) is 18.3. The molecule has 0 aliphatic heterocycles. The van der Waals surface area contributed by atoms with Gasteiger partial charge in [-0.1, -0.05) is 24.3 Å². The Kier molecular flexibility index (Phi) is 4.08. The van der Waals surface area contributed by atoms with E-state index in [9.17, 15) is 4.79 Å². The van der Waals surface area contributed by atoms with Crippen molar-refractivity contribution in [2.24, 2.45) is 7.05 Å². The lowest BCUT2D eigenvalue weighted by molar-refractivity contribution is 0.102. The molecule has 2 aromatic carbocycles. The predicted molar refractivity (Wildman–Crippen MR) is 105 cm³/mol. The first kappa shape index (κ1) is 16.5. The van der Waals surface area contributed by atoms with E-state index in [1.54, 1.807) is 21.8 Å². The number of carbonyl (C=O) groups excluding carboxylic acids is 1. The Morgan fingerprint density at radius 3 is 2.77 bits per heavy atom. The van der Waals surface area contributed by atoms with Crippen LogP contribution in [0.5, 0.6) is 0 Å². The smallest absolute Gasteiger partial charge is 0.258 e. The first-order valence-electron chi connectivity index (χ1n) is 8.08. The molecule has 0 saturated heterocycles. The van der Waals surface area contributed by atoms with Crippen LogP contribution in [-0.2, 0) is 7.05 Å². The summed E-state index contributed by atoms with van der Waals surface area (Å²) in [5, 5.41) is 12.5. The van der Waals surface area contributed by atoms with E-state index < -0.39 is 0 Å². The maximum absolute atomic E-state index is 12.7. The highest BCUT2D eigenvalue weighted by Crippen LogP contribution is 2.30. The summed E-state index contributed by atoms with van der Waals surface area (Å²) in [6.07, 6.45) is 3.30. The molecule has 0 radical (unpaired) electrons. The van der Waals surface area contributed by atoms with Gasteiger partial charge in [-0.15, -0.1) is 0 Å². The lowest BCUT2D eigenvalue weighted by Crippen LogP contribution is -2.11. The van der Waals surface area contributed by atoms with E-state index in [0.29, 0.717) is 15.9 Å². The molecule has 0 atom stereocenters. The van der Waals surface area contributed by atoms with Crippen molar-refractivity contribution in [1.29, 1.82) is 0 Å². The van der Waals surface area contributed by atoms with Crippen LogP contribution in [0.15, 0.2) is 59.5 Å². The minimum atomic E-state index is -0.215. The highest BCUT2D eigenvalue weighted by molar-refractivity contribution is 9.10. The third-order valence-corrected chi connectivity index (χ3v) is 4.85. The minimum Gasteiger partial charge on any atom is -0.321 e. The van der Waals surface area contributed by atoms with E-state index in [1.807, 2.05) is 56.4 Å². The van der Waals surface area contributed by atoms with E-state index in [-0.39, 0.29) is 5.91 Å². The molecule has 4 rings (SSSR count). The highest BCUT2D eigenvalue weighted by atomic mass is 79.9. The number of anilines is 1. The number of benzene rings is 2. The molecule has 0 unspecified atom stereocenters. The molecule has 2 heterocycles. The number of fused-ring (bicyclic) bond motifs is 1. The molecule has 7 heteroatoms. The predicted octanol–water partition coefficient (Wildman–Crippen LogP) is 4.08. The summed E-state index contributed by atoms with van der Waals surface area (Å²) in [5.74, 6) is -0.215. The number of carbonyl (C=O) groups is 1. The third-order valence-electron chi connectivity index (χ3n) is 4.29. The van der Waals surface area contributed by atoms with Gasteiger partial charge >= 0.3 is 0 Å². The first-order chi connectivity index (χ1) is 12.5. The van der Waals surface area contributed by atoms with E-state index in [2.05, 4.69) is 31.4 Å². The van der Waals surface area contributed by atoms with Gasteiger partial charge in [0.2, 0.25) is 0 Å². The van der Waals surface area contributed by atoms with Gasteiger partial charge in [-0.05, 0) is 46.6 Å². The van der Waals surface area contributed by atoms with Gasteiger partial charge in [-0.3, -0.25) is 9.48 Å². The number of nitrogens with zero attached hydrogens (tertiary/aromatic N) is 4. The molecule has 26 heavy (non-hydrogen) atoms. The van der Waals surface area contributed by atoms with Crippen molar-refractivity contribution in [1.82, 2.24) is 19.6 Å². The highest BCUT2D eigenvalue weighted by Gasteiger charge is 2.15. The Hall–Kier alpha value is -2.93. The molecule has 0 fully saturated rings. The standard InChI is InChI=1S/C19H16BrN5O/c1-12-6-3-4-8-15(12)25-11-13(10-21-25)19(26)22-14-7-5-9-16-17(14)18(20)23-24(16)2/h3-11H,1-2H3,(H,22,26). The normalized spacial score (nSPS) is 11.0. The molecule has 2 aromatic heterocycles. The summed E-state index contributed by atoms with van der Waals surface area (Å²) in [5.41, 5.74) is 4.17. The summed E-state index contributed by atoms with van der Waals surface area (Å²) >= 11 is 3.46. The van der Waals surface area contributed by atoms with Gasteiger partial charge in [0.1, 0.15) is 4.60 Å². The summed E-state index contributed by atoms with van der Waals surface area (Å²) in [4.78, 5) is 12.7. The van der Waals surface area contributed by atoms with Crippen LogP contribution in [-0.4, -0.2) is 25.5 Å². The zero-order valence-corrected chi connectivity index (χ0v) is 15.9. The van der Waals surface area contributed by atoms with E-state index >= 15 is 0 Å². The fraction of sp³-hybridized carbons (Fsp3) is 0.105. The van der Waals surface area contributed by atoms with Crippen LogP contribution in [0, 0.1) is 6.92 Å². The summed E-state index contributed by atoms with van der Waals surface area (Å²) in [6.45, 7) is 2.01. The third kappa shape index (κ3) is 2.80. The number of hydrogen-bond acceptors (Lipinski definition) is 3. The number of aryl methyl sites for hydroxylation is 2. The van der Waals surface area contributed by atoms with Crippen LogP contribution in [0.1, 0.15) is 15.9 Å². The average molecular weight is 410 g/mol. The Balaban J connectivity index is 1.65. The van der Waals surface area contributed by atoms with Crippen molar-refractivity contribution >= 4 is 38.4 Å². The van der Waals surface area contributed by atoms with E-state index in [0.717, 1.165) is 22.2 Å². The summed E-state index contributed by atoms with van der Waals surface area (Å²) in [6, 6.07) is 13.6. The molecule has 1 amide bonds. The second-order valence-electron chi connectivity index (χ2n) is 6.03. The Morgan fingerprint density at radius 2 is 1.96 bits per heavy atom. The lowest BCUT2D eigenvalue weighted by atomic mass is 10.2.